The number of aliphatic hydroxyl groups is 1. The van der Waals surface area contributed by atoms with Crippen molar-refractivity contribution in [2.75, 3.05) is 43.7 Å². The van der Waals surface area contributed by atoms with Gasteiger partial charge in [-0.15, -0.1) is 0 Å². The lowest BCUT2D eigenvalue weighted by molar-refractivity contribution is 0.0166. The number of benzene rings is 2. The molecule has 0 aromatic heterocycles. The molecule has 6 nitrogen and oxygen atoms in total. The summed E-state index contributed by atoms with van der Waals surface area (Å²) in [5.74, 6) is 0. The Morgan fingerprint density at radius 3 is 2.39 bits per heavy atom. The quantitative estimate of drug-likeness (QED) is 0.766. The second-order valence-electron chi connectivity index (χ2n) is 7.26. The van der Waals surface area contributed by atoms with Crippen LogP contribution in [-0.2, 0) is 14.8 Å². The number of aliphatic hydroxyl groups excluding tert-OH is 1. The molecule has 1 fully saturated rings. The number of sulfonamides is 1. The third kappa shape index (κ3) is 5.11. The van der Waals surface area contributed by atoms with E-state index in [1.807, 2.05) is 32.0 Å². The maximum Gasteiger partial charge on any atom is 0.264 e. The van der Waals surface area contributed by atoms with Crippen molar-refractivity contribution in [2.24, 2.45) is 0 Å². The summed E-state index contributed by atoms with van der Waals surface area (Å²) in [5.41, 5.74) is 2.51. The minimum Gasteiger partial charge on any atom is -0.390 e. The van der Waals surface area contributed by atoms with Gasteiger partial charge >= 0.3 is 0 Å². The summed E-state index contributed by atoms with van der Waals surface area (Å²) >= 11 is 0. The lowest BCUT2D eigenvalue weighted by atomic mass is 10.2. The van der Waals surface area contributed by atoms with Crippen LogP contribution in [0.4, 0.5) is 5.69 Å². The fourth-order valence-electron chi connectivity index (χ4n) is 3.29. The Bertz CT molecular complexity index is 878. The van der Waals surface area contributed by atoms with E-state index >= 15 is 0 Å². The second kappa shape index (κ2) is 9.05. The van der Waals surface area contributed by atoms with E-state index in [9.17, 15) is 13.5 Å². The molecule has 2 aromatic rings. The summed E-state index contributed by atoms with van der Waals surface area (Å²) in [6.45, 7) is 7.00. The minimum atomic E-state index is -3.79. The number of ether oxygens (including phenoxy) is 1. The van der Waals surface area contributed by atoms with Gasteiger partial charge in [-0.1, -0.05) is 29.8 Å². The summed E-state index contributed by atoms with van der Waals surface area (Å²) in [7, 11) is -3.79. The molecule has 2 aromatic carbocycles. The molecular formula is C21H28N2O4S. The van der Waals surface area contributed by atoms with E-state index in [2.05, 4.69) is 4.90 Å². The fourth-order valence-corrected chi connectivity index (χ4v) is 4.79. The van der Waals surface area contributed by atoms with E-state index in [0.717, 1.165) is 24.2 Å². The first-order valence-electron chi connectivity index (χ1n) is 9.50. The largest absolute Gasteiger partial charge is 0.390 e. The molecule has 1 aliphatic heterocycles. The summed E-state index contributed by atoms with van der Waals surface area (Å²) in [4.78, 5) is 2.32. The molecule has 0 spiro atoms. The standard InChI is InChI=1S/C21H28N2O4S/c1-17-6-8-21(9-7-17)28(25,26)23(19-5-3-4-18(2)14-19)16-20(24)15-22-10-12-27-13-11-22/h3-9,14,20,24H,10-13,15-16H2,1-2H3. The molecule has 1 atom stereocenters. The van der Waals surface area contributed by atoms with Crippen molar-refractivity contribution in [3.63, 3.8) is 0 Å². The lowest BCUT2D eigenvalue weighted by Gasteiger charge is -2.31. The predicted molar refractivity (Wildman–Crippen MR) is 110 cm³/mol. The van der Waals surface area contributed by atoms with Crippen LogP contribution < -0.4 is 4.31 Å². The highest BCUT2D eigenvalue weighted by Crippen LogP contribution is 2.25. The first-order valence-corrected chi connectivity index (χ1v) is 10.9. The molecule has 1 saturated heterocycles. The van der Waals surface area contributed by atoms with Gasteiger partial charge in [0.1, 0.15) is 0 Å². The molecule has 0 amide bonds. The number of morpholine rings is 1. The molecule has 28 heavy (non-hydrogen) atoms. The summed E-state index contributed by atoms with van der Waals surface area (Å²) < 4.78 is 33.4. The van der Waals surface area contributed by atoms with Crippen LogP contribution in [0.5, 0.6) is 0 Å². The number of anilines is 1. The van der Waals surface area contributed by atoms with Crippen molar-refractivity contribution in [1.82, 2.24) is 4.90 Å². The van der Waals surface area contributed by atoms with Crippen LogP contribution in [0.3, 0.4) is 0 Å². The van der Waals surface area contributed by atoms with E-state index in [1.54, 1.807) is 30.3 Å². The smallest absolute Gasteiger partial charge is 0.264 e. The Hall–Kier alpha value is -1.93. The van der Waals surface area contributed by atoms with Crippen molar-refractivity contribution < 1.29 is 18.3 Å². The maximum atomic E-state index is 13.4. The van der Waals surface area contributed by atoms with E-state index < -0.39 is 16.1 Å². The van der Waals surface area contributed by atoms with Gasteiger partial charge in [0.05, 0.1) is 36.4 Å². The highest BCUT2D eigenvalue weighted by Gasteiger charge is 2.28. The number of aryl methyl sites for hydroxylation is 2. The Morgan fingerprint density at radius 2 is 1.75 bits per heavy atom. The molecule has 1 N–H and O–H groups in total. The SMILES string of the molecule is Cc1ccc(S(=O)(=O)N(CC(O)CN2CCOCC2)c2cccc(C)c2)cc1. The van der Waals surface area contributed by atoms with Crippen LogP contribution >= 0.6 is 0 Å². The Kier molecular flexibility index (Phi) is 6.72. The third-order valence-electron chi connectivity index (χ3n) is 4.85. The minimum absolute atomic E-state index is 0.00296. The molecule has 3 rings (SSSR count). The van der Waals surface area contributed by atoms with Crippen molar-refractivity contribution in [3.05, 3.63) is 59.7 Å². The van der Waals surface area contributed by atoms with Gasteiger partial charge in [-0.3, -0.25) is 9.21 Å². The Morgan fingerprint density at radius 1 is 1.07 bits per heavy atom. The number of nitrogens with zero attached hydrogens (tertiary/aromatic N) is 2. The molecule has 7 heteroatoms. The maximum absolute atomic E-state index is 13.4. The number of rotatable bonds is 7. The zero-order valence-electron chi connectivity index (χ0n) is 16.4. The molecule has 0 aliphatic carbocycles. The van der Waals surface area contributed by atoms with Crippen molar-refractivity contribution in [3.8, 4) is 0 Å². The van der Waals surface area contributed by atoms with Crippen molar-refractivity contribution >= 4 is 15.7 Å². The van der Waals surface area contributed by atoms with Gasteiger partial charge < -0.3 is 9.84 Å². The van der Waals surface area contributed by atoms with Gasteiger partial charge in [0, 0.05) is 19.6 Å². The number of hydrogen-bond acceptors (Lipinski definition) is 5. The summed E-state index contributed by atoms with van der Waals surface area (Å²) in [5, 5.41) is 10.7. The zero-order chi connectivity index (χ0) is 20.1. The van der Waals surface area contributed by atoms with Crippen molar-refractivity contribution in [2.45, 2.75) is 24.8 Å². The topological polar surface area (TPSA) is 70.1 Å². The van der Waals surface area contributed by atoms with E-state index in [4.69, 9.17) is 4.74 Å². The van der Waals surface area contributed by atoms with Gasteiger partial charge in [0.2, 0.25) is 0 Å². The molecule has 0 bridgehead atoms. The number of β-amino-alcohol motifs (C(OH)–C–C–N with tert-alkyl or cyclic N) is 1. The van der Waals surface area contributed by atoms with Crippen LogP contribution in [0.25, 0.3) is 0 Å². The average molecular weight is 405 g/mol. The number of hydrogen-bond donors (Lipinski definition) is 1. The molecule has 1 unspecified atom stereocenters. The van der Waals surface area contributed by atoms with Crippen LogP contribution in [0.1, 0.15) is 11.1 Å². The molecule has 1 aliphatic rings. The van der Waals surface area contributed by atoms with Crippen LogP contribution in [-0.4, -0.2) is 63.9 Å². The molecular weight excluding hydrogens is 376 g/mol. The highest BCUT2D eigenvalue weighted by atomic mass is 32.2. The Labute approximate surface area is 167 Å². The average Bonchev–Trinajstić information content (AvgIpc) is 2.67. The van der Waals surface area contributed by atoms with Crippen LogP contribution in [0.15, 0.2) is 53.4 Å². The summed E-state index contributed by atoms with van der Waals surface area (Å²) in [6.07, 6.45) is -0.807. The van der Waals surface area contributed by atoms with Gasteiger partial charge in [0.15, 0.2) is 0 Å². The van der Waals surface area contributed by atoms with Crippen LogP contribution in [0, 0.1) is 13.8 Å². The monoisotopic (exact) mass is 404 g/mol. The first kappa shape index (κ1) is 20.8. The lowest BCUT2D eigenvalue weighted by Crippen LogP contribution is -2.46. The van der Waals surface area contributed by atoms with Crippen LogP contribution in [0.2, 0.25) is 0 Å². The molecule has 0 radical (unpaired) electrons. The first-order chi connectivity index (χ1) is 13.4. The second-order valence-corrected chi connectivity index (χ2v) is 9.12. The van der Waals surface area contributed by atoms with Gasteiger partial charge in [-0.05, 0) is 43.7 Å². The molecule has 0 saturated carbocycles. The molecule has 1 heterocycles. The van der Waals surface area contributed by atoms with Gasteiger partial charge in [-0.25, -0.2) is 8.42 Å². The van der Waals surface area contributed by atoms with E-state index in [1.165, 1.54) is 4.31 Å². The zero-order valence-corrected chi connectivity index (χ0v) is 17.2. The normalized spacial score (nSPS) is 16.7. The van der Waals surface area contributed by atoms with Gasteiger partial charge in [0.25, 0.3) is 10.0 Å². The highest BCUT2D eigenvalue weighted by molar-refractivity contribution is 7.92. The third-order valence-corrected chi connectivity index (χ3v) is 6.66. The Balaban J connectivity index is 1.87. The molecule has 152 valence electrons. The van der Waals surface area contributed by atoms with Gasteiger partial charge in [-0.2, -0.15) is 0 Å². The fraction of sp³-hybridized carbons (Fsp3) is 0.429. The van der Waals surface area contributed by atoms with E-state index in [0.29, 0.717) is 25.4 Å². The predicted octanol–water partition coefficient (Wildman–Crippen LogP) is 2.19. The summed E-state index contributed by atoms with van der Waals surface area (Å²) in [6, 6.07) is 14.1. The van der Waals surface area contributed by atoms with E-state index in [-0.39, 0.29) is 11.4 Å². The van der Waals surface area contributed by atoms with Crippen molar-refractivity contribution in [1.29, 1.82) is 0 Å².